The molecule has 0 N–H and O–H groups in total. The molecule has 2 aromatic rings. The van der Waals surface area contributed by atoms with E-state index in [1.165, 1.54) is 4.90 Å². The van der Waals surface area contributed by atoms with Crippen LogP contribution in [0.1, 0.15) is 37.8 Å². The lowest BCUT2D eigenvalue weighted by Gasteiger charge is -2.42. The van der Waals surface area contributed by atoms with E-state index in [1.54, 1.807) is 19.1 Å². The summed E-state index contributed by atoms with van der Waals surface area (Å²) in [5, 5.41) is 0. The predicted octanol–water partition coefficient (Wildman–Crippen LogP) is 4.98. The van der Waals surface area contributed by atoms with Crippen molar-refractivity contribution in [1.82, 2.24) is 14.7 Å². The SMILES string of the molecule is COc1cc(CN2CCC3(CC2)C(=O)N(C/C=C/c2ccccc2)C(=O)N3CC=C(C)C)cc(OC)c1. The van der Waals surface area contributed by atoms with E-state index in [4.69, 9.17) is 9.47 Å². The van der Waals surface area contributed by atoms with Crippen LogP contribution in [-0.4, -0.2) is 72.6 Å². The number of hydrogen-bond donors (Lipinski definition) is 0. The number of hydrogen-bond acceptors (Lipinski definition) is 5. The first-order valence-corrected chi connectivity index (χ1v) is 12.8. The lowest BCUT2D eigenvalue weighted by atomic mass is 9.85. The average Bonchev–Trinajstić information content (AvgIpc) is 3.09. The maximum absolute atomic E-state index is 13.8. The van der Waals surface area contributed by atoms with E-state index in [-0.39, 0.29) is 18.5 Å². The van der Waals surface area contributed by atoms with E-state index in [0.717, 1.165) is 47.8 Å². The molecule has 2 heterocycles. The van der Waals surface area contributed by atoms with Crippen LogP contribution in [-0.2, 0) is 11.3 Å². The second kappa shape index (κ2) is 11.6. The smallest absolute Gasteiger partial charge is 0.328 e. The molecule has 2 aliphatic heterocycles. The van der Waals surface area contributed by atoms with Gasteiger partial charge in [-0.05, 0) is 49.9 Å². The number of allylic oxidation sites excluding steroid dienone is 1. The normalized spacial score (nSPS) is 17.6. The number of urea groups is 1. The number of methoxy groups -OCH3 is 2. The standard InChI is InChI=1S/C30H37N3O4/c1-23(2)12-16-33-29(35)32(15-8-11-24-9-6-5-7-10-24)28(34)30(33)13-17-31(18-14-30)22-25-19-26(36-3)21-27(20-25)37-4/h5-12,19-21H,13-18,22H2,1-4H3/b11-8+. The van der Waals surface area contributed by atoms with Gasteiger partial charge in [0.1, 0.15) is 17.0 Å². The van der Waals surface area contributed by atoms with Gasteiger partial charge in [-0.3, -0.25) is 14.6 Å². The number of imide groups is 1. The zero-order valence-corrected chi connectivity index (χ0v) is 22.3. The van der Waals surface area contributed by atoms with Crippen LogP contribution >= 0.6 is 0 Å². The van der Waals surface area contributed by atoms with E-state index in [2.05, 4.69) is 4.90 Å². The Morgan fingerprint density at radius 1 is 0.946 bits per heavy atom. The molecule has 7 nitrogen and oxygen atoms in total. The Morgan fingerprint density at radius 3 is 2.19 bits per heavy atom. The fraction of sp³-hybridized carbons (Fsp3) is 0.400. The van der Waals surface area contributed by atoms with Gasteiger partial charge >= 0.3 is 6.03 Å². The Labute approximate surface area is 219 Å². The largest absolute Gasteiger partial charge is 0.497 e. The van der Waals surface area contributed by atoms with Crippen LogP contribution in [0.25, 0.3) is 6.08 Å². The molecule has 1 spiro atoms. The summed E-state index contributed by atoms with van der Waals surface area (Å²) in [7, 11) is 3.29. The molecule has 3 amide bonds. The number of carbonyl (C=O) groups excluding carboxylic acids is 2. The number of ether oxygens (including phenoxy) is 2. The molecule has 37 heavy (non-hydrogen) atoms. The van der Waals surface area contributed by atoms with E-state index < -0.39 is 5.54 Å². The van der Waals surface area contributed by atoms with Crippen LogP contribution in [0.5, 0.6) is 11.5 Å². The highest BCUT2D eigenvalue weighted by molar-refractivity contribution is 6.07. The van der Waals surface area contributed by atoms with Crippen LogP contribution in [0.15, 0.2) is 66.3 Å². The van der Waals surface area contributed by atoms with Crippen LogP contribution in [0.3, 0.4) is 0 Å². The van der Waals surface area contributed by atoms with Crippen molar-refractivity contribution in [3.63, 3.8) is 0 Å². The molecule has 2 aromatic carbocycles. The van der Waals surface area contributed by atoms with Crippen LogP contribution in [0.2, 0.25) is 0 Å². The molecular weight excluding hydrogens is 466 g/mol. The van der Waals surface area contributed by atoms with Crippen molar-refractivity contribution < 1.29 is 19.1 Å². The number of amides is 3. The number of likely N-dealkylation sites (tertiary alicyclic amines) is 1. The first-order chi connectivity index (χ1) is 17.9. The Balaban J connectivity index is 1.49. The Bertz CT molecular complexity index is 1140. The maximum atomic E-state index is 13.8. The molecule has 7 heteroatoms. The number of rotatable bonds is 9. The molecule has 0 saturated carbocycles. The van der Waals surface area contributed by atoms with Crippen molar-refractivity contribution in [2.75, 3.05) is 40.4 Å². The minimum atomic E-state index is -0.799. The summed E-state index contributed by atoms with van der Waals surface area (Å²) in [4.78, 5) is 32.8. The molecule has 0 atom stereocenters. The van der Waals surface area contributed by atoms with Crippen molar-refractivity contribution in [2.24, 2.45) is 0 Å². The molecule has 2 aliphatic rings. The Hall–Kier alpha value is -3.58. The van der Waals surface area contributed by atoms with Gasteiger partial charge in [0.05, 0.1) is 14.2 Å². The van der Waals surface area contributed by atoms with E-state index >= 15 is 0 Å². The predicted molar refractivity (Wildman–Crippen MR) is 146 cm³/mol. The Morgan fingerprint density at radius 2 is 1.59 bits per heavy atom. The van der Waals surface area contributed by atoms with Crippen LogP contribution in [0.4, 0.5) is 4.79 Å². The minimum absolute atomic E-state index is 0.0833. The molecule has 0 aliphatic carbocycles. The van der Waals surface area contributed by atoms with Gasteiger partial charge in [0.2, 0.25) is 0 Å². The summed E-state index contributed by atoms with van der Waals surface area (Å²) in [6, 6.07) is 15.6. The summed E-state index contributed by atoms with van der Waals surface area (Å²) in [6.07, 6.45) is 7.10. The fourth-order valence-corrected chi connectivity index (χ4v) is 5.11. The number of nitrogens with zero attached hydrogens (tertiary/aromatic N) is 3. The van der Waals surface area contributed by atoms with Crippen molar-refractivity contribution in [3.8, 4) is 11.5 Å². The lowest BCUT2D eigenvalue weighted by molar-refractivity contribution is -0.135. The topological polar surface area (TPSA) is 62.3 Å². The Kier molecular flexibility index (Phi) is 8.34. The number of benzene rings is 2. The summed E-state index contributed by atoms with van der Waals surface area (Å²) in [5.41, 5.74) is 2.46. The van der Waals surface area contributed by atoms with Crippen LogP contribution < -0.4 is 9.47 Å². The zero-order valence-electron chi connectivity index (χ0n) is 22.3. The van der Waals surface area contributed by atoms with Crippen molar-refractivity contribution >= 4 is 18.0 Å². The van der Waals surface area contributed by atoms with Gasteiger partial charge in [-0.1, -0.05) is 54.1 Å². The molecule has 0 aromatic heterocycles. The third kappa shape index (κ3) is 5.88. The van der Waals surface area contributed by atoms with Gasteiger partial charge in [0, 0.05) is 38.8 Å². The average molecular weight is 504 g/mol. The molecule has 2 fully saturated rings. The van der Waals surface area contributed by atoms with Crippen molar-refractivity contribution in [3.05, 3.63) is 77.4 Å². The lowest BCUT2D eigenvalue weighted by Crippen LogP contribution is -2.56. The molecular formula is C30H37N3O4. The van der Waals surface area contributed by atoms with Gasteiger partial charge in [-0.25, -0.2) is 4.79 Å². The number of carbonyl (C=O) groups is 2. The van der Waals surface area contributed by atoms with Gasteiger partial charge in [-0.2, -0.15) is 0 Å². The summed E-state index contributed by atoms with van der Waals surface area (Å²) < 4.78 is 10.8. The van der Waals surface area contributed by atoms with E-state index in [0.29, 0.717) is 19.4 Å². The third-order valence-corrected chi connectivity index (χ3v) is 7.20. The van der Waals surface area contributed by atoms with Crippen molar-refractivity contribution in [1.29, 1.82) is 0 Å². The zero-order chi connectivity index (χ0) is 26.4. The van der Waals surface area contributed by atoms with E-state index in [1.807, 2.05) is 80.6 Å². The first kappa shape index (κ1) is 26.5. The van der Waals surface area contributed by atoms with Gasteiger partial charge in [0.25, 0.3) is 5.91 Å². The van der Waals surface area contributed by atoms with Crippen LogP contribution in [0, 0.1) is 0 Å². The van der Waals surface area contributed by atoms with Gasteiger partial charge in [-0.15, -0.1) is 0 Å². The summed E-state index contributed by atoms with van der Waals surface area (Å²) in [5.74, 6) is 1.43. The van der Waals surface area contributed by atoms with E-state index in [9.17, 15) is 9.59 Å². The molecule has 4 rings (SSSR count). The van der Waals surface area contributed by atoms with Gasteiger partial charge < -0.3 is 14.4 Å². The highest BCUT2D eigenvalue weighted by Gasteiger charge is 2.57. The molecule has 0 bridgehead atoms. The monoisotopic (exact) mass is 503 g/mol. The van der Waals surface area contributed by atoms with Gasteiger partial charge in [0.15, 0.2) is 0 Å². The van der Waals surface area contributed by atoms with Crippen molar-refractivity contribution in [2.45, 2.75) is 38.8 Å². The maximum Gasteiger partial charge on any atom is 0.328 e. The highest BCUT2D eigenvalue weighted by atomic mass is 16.5. The third-order valence-electron chi connectivity index (χ3n) is 7.20. The molecule has 0 radical (unpaired) electrons. The molecule has 0 unspecified atom stereocenters. The molecule has 2 saturated heterocycles. The number of piperidine rings is 1. The fourth-order valence-electron chi connectivity index (χ4n) is 5.11. The first-order valence-electron chi connectivity index (χ1n) is 12.8. The highest BCUT2D eigenvalue weighted by Crippen LogP contribution is 2.38. The summed E-state index contributed by atoms with van der Waals surface area (Å²) >= 11 is 0. The minimum Gasteiger partial charge on any atom is -0.497 e. The summed E-state index contributed by atoms with van der Waals surface area (Å²) in [6.45, 7) is 6.91. The second-order valence-electron chi connectivity index (χ2n) is 9.93. The second-order valence-corrected chi connectivity index (χ2v) is 9.93. The molecule has 196 valence electrons. The quantitative estimate of drug-likeness (QED) is 0.357.